The average Bonchev–Trinajstić information content (AvgIpc) is 4.07. The normalized spacial score (nSPS) is 20.2. The van der Waals surface area contributed by atoms with E-state index in [1.165, 1.54) is 14.2 Å². The van der Waals surface area contributed by atoms with Gasteiger partial charge in [0.05, 0.1) is 83.5 Å². The van der Waals surface area contributed by atoms with Crippen molar-refractivity contribution in [3.8, 4) is 22.8 Å². The maximum atomic E-state index is 13.0. The zero-order valence-corrected chi connectivity index (χ0v) is 45.6. The first-order valence-electron chi connectivity index (χ1n) is 27.0. The number of furan rings is 1. The van der Waals surface area contributed by atoms with Gasteiger partial charge in [-0.1, -0.05) is 17.7 Å². The highest BCUT2D eigenvalue weighted by molar-refractivity contribution is 6.30. The van der Waals surface area contributed by atoms with Gasteiger partial charge in [-0.25, -0.2) is 0 Å². The van der Waals surface area contributed by atoms with Crippen LogP contribution in [0.15, 0.2) is 77.5 Å². The second kappa shape index (κ2) is 30.5. The molecule has 0 radical (unpaired) electrons. The molecular weight excluding hydrogens is 1030 g/mol. The first-order valence-corrected chi connectivity index (χ1v) is 27.3. The summed E-state index contributed by atoms with van der Waals surface area (Å²) in [6.07, 6.45) is 11.3. The lowest BCUT2D eigenvalue weighted by Crippen LogP contribution is -2.41. The van der Waals surface area contributed by atoms with Gasteiger partial charge in [-0.15, -0.1) is 0 Å². The second-order valence-corrected chi connectivity index (χ2v) is 20.2. The van der Waals surface area contributed by atoms with E-state index >= 15 is 0 Å². The number of nitrogens with zero attached hydrogens (tertiary/aromatic N) is 2. The first-order chi connectivity index (χ1) is 37.9. The first kappa shape index (κ1) is 59.1. The van der Waals surface area contributed by atoms with Gasteiger partial charge in [-0.05, 0) is 106 Å². The molecule has 1 aliphatic heterocycles. The van der Waals surface area contributed by atoms with Gasteiger partial charge in [0, 0.05) is 98.8 Å². The lowest BCUT2D eigenvalue weighted by molar-refractivity contribution is -0.128. The van der Waals surface area contributed by atoms with Crippen LogP contribution in [0.4, 0.5) is 5.69 Å². The van der Waals surface area contributed by atoms with E-state index in [-0.39, 0.29) is 98.1 Å². The summed E-state index contributed by atoms with van der Waals surface area (Å²) in [6.45, 7) is 2.85. The van der Waals surface area contributed by atoms with Crippen LogP contribution in [0.3, 0.4) is 0 Å². The Morgan fingerprint density at radius 3 is 2.08 bits per heavy atom. The Labute approximate surface area is 460 Å². The quantitative estimate of drug-likeness (QED) is 0.0362. The third kappa shape index (κ3) is 17.7. The Hall–Kier alpha value is -6.58. The predicted molar refractivity (Wildman–Crippen MR) is 290 cm³/mol. The molecule has 0 unspecified atom stereocenters. The fourth-order valence-corrected chi connectivity index (χ4v) is 10.2. The van der Waals surface area contributed by atoms with Crippen molar-refractivity contribution in [1.82, 2.24) is 31.2 Å². The summed E-state index contributed by atoms with van der Waals surface area (Å²) < 4.78 is 40.3. The van der Waals surface area contributed by atoms with E-state index in [0.717, 1.165) is 49.7 Å². The molecule has 78 heavy (non-hydrogen) atoms. The molecule has 0 bridgehead atoms. The van der Waals surface area contributed by atoms with Gasteiger partial charge in [0.2, 0.25) is 29.5 Å². The lowest BCUT2D eigenvalue weighted by atomic mass is 9.85. The summed E-state index contributed by atoms with van der Waals surface area (Å²) >= 11 is 5.99. The van der Waals surface area contributed by atoms with Crippen molar-refractivity contribution >= 4 is 52.7 Å². The van der Waals surface area contributed by atoms with Crippen LogP contribution in [0.25, 0.3) is 11.3 Å². The molecule has 2 atom stereocenters. The minimum Gasteiger partial charge on any atom is -0.496 e. The molecule has 21 heteroatoms. The fourth-order valence-electron chi connectivity index (χ4n) is 10.1. The number of hydrogen-bond acceptors (Lipinski definition) is 14. The Kier molecular flexibility index (Phi) is 23.1. The van der Waals surface area contributed by atoms with Crippen LogP contribution >= 0.6 is 11.6 Å². The number of benzene rings is 2. The molecular formula is C57H74ClN7O13. The number of carbonyl (C=O) groups excluding carboxylic acids is 6. The molecule has 4 aromatic rings. The number of amides is 6. The Morgan fingerprint density at radius 2 is 1.40 bits per heavy atom. The van der Waals surface area contributed by atoms with Crippen LogP contribution in [0.2, 0.25) is 5.02 Å². The SMILES string of the molecule is COc1cc(NC(=O)c2ccc(-c3ccc(Cl)cc3)o2)cc(OC)c1CNC(=O)CCOCCOCCNC(=O)C1CCC(NC(=O)CCCOC2CCC(OCCNC(=O)[C@H]3CC(=O)N(C)[C@@H]3c3cccnc3)CC2)CC1. The van der Waals surface area contributed by atoms with E-state index in [1.807, 2.05) is 12.1 Å². The zero-order chi connectivity index (χ0) is 55.2. The van der Waals surface area contributed by atoms with Crippen LogP contribution in [0.5, 0.6) is 11.5 Å². The molecule has 3 aliphatic rings. The number of likely N-dealkylation sites (tertiary alicyclic amines) is 1. The van der Waals surface area contributed by atoms with E-state index in [0.29, 0.717) is 98.7 Å². The van der Waals surface area contributed by atoms with Gasteiger partial charge in [0.25, 0.3) is 5.91 Å². The number of carbonyl (C=O) groups is 6. The van der Waals surface area contributed by atoms with Gasteiger partial charge < -0.3 is 64.3 Å². The van der Waals surface area contributed by atoms with Crippen molar-refractivity contribution in [2.45, 2.75) is 108 Å². The number of hydrogen-bond donors (Lipinski definition) is 5. The average molecular weight is 1100 g/mol. The molecule has 2 saturated carbocycles. The maximum Gasteiger partial charge on any atom is 0.291 e. The van der Waals surface area contributed by atoms with Crippen molar-refractivity contribution in [3.63, 3.8) is 0 Å². The van der Waals surface area contributed by atoms with Gasteiger partial charge in [-0.2, -0.15) is 0 Å². The third-order valence-corrected chi connectivity index (χ3v) is 14.6. The van der Waals surface area contributed by atoms with Crippen LogP contribution in [0, 0.1) is 11.8 Å². The number of halogens is 1. The smallest absolute Gasteiger partial charge is 0.291 e. The molecule has 2 aliphatic carbocycles. The monoisotopic (exact) mass is 1100 g/mol. The summed E-state index contributed by atoms with van der Waals surface area (Å²) in [4.78, 5) is 82.5. The summed E-state index contributed by atoms with van der Waals surface area (Å²) in [5.74, 6) is -0.0693. The molecule has 0 spiro atoms. The van der Waals surface area contributed by atoms with Crippen molar-refractivity contribution in [3.05, 3.63) is 95.0 Å². The van der Waals surface area contributed by atoms with Gasteiger partial charge in [-0.3, -0.25) is 33.8 Å². The van der Waals surface area contributed by atoms with E-state index in [4.69, 9.17) is 44.4 Å². The van der Waals surface area contributed by atoms with E-state index in [2.05, 4.69) is 31.6 Å². The summed E-state index contributed by atoms with van der Waals surface area (Å²) in [6, 6.07) is 17.1. The molecule has 6 amide bonds. The minimum atomic E-state index is -0.474. The second-order valence-electron chi connectivity index (χ2n) is 19.7. The Morgan fingerprint density at radius 1 is 0.731 bits per heavy atom. The molecule has 3 fully saturated rings. The standard InChI is InChI=1S/C57H74ClN7O13/c1-65-53(68)34-45(54(65)39-6-4-23-59-35-39)56(70)61-25-29-77-44-18-16-43(17-19-44)76-26-5-7-52(67)63-41-14-10-38(11-15-41)55(69)60-24-28-75-31-30-74-27-22-51(66)62-36-46-49(72-2)32-42(33-50(46)73-3)64-57(71)48-21-20-47(78-48)37-8-12-40(58)13-9-37/h4,6,8-9,12-13,20-21,23,32-33,35,38,41,43-45,54H,5,7,10-11,14-19,22,24-31,34,36H2,1-3H3,(H,60,69)(H,61,70)(H,62,66)(H,63,67)(H,64,71)/t38?,41?,43?,44?,45-,54+/m0/s1. The van der Waals surface area contributed by atoms with Crippen LogP contribution in [-0.4, -0.2) is 138 Å². The molecule has 1 saturated heterocycles. The molecule has 7 rings (SSSR count). The molecule has 3 heterocycles. The third-order valence-electron chi connectivity index (χ3n) is 14.4. The maximum absolute atomic E-state index is 13.0. The number of rotatable bonds is 29. The molecule has 5 N–H and O–H groups in total. The van der Waals surface area contributed by atoms with Gasteiger partial charge in [0.1, 0.15) is 17.3 Å². The molecule has 2 aromatic heterocycles. The lowest BCUT2D eigenvalue weighted by Gasteiger charge is -2.29. The van der Waals surface area contributed by atoms with Crippen molar-refractivity contribution < 1.29 is 61.6 Å². The molecule has 422 valence electrons. The van der Waals surface area contributed by atoms with Crippen LogP contribution in [0.1, 0.15) is 105 Å². The highest BCUT2D eigenvalue weighted by Crippen LogP contribution is 2.37. The topological polar surface area (TPSA) is 247 Å². The number of ether oxygens (including phenoxy) is 6. The van der Waals surface area contributed by atoms with E-state index < -0.39 is 11.8 Å². The largest absolute Gasteiger partial charge is 0.496 e. The number of methoxy groups -OCH3 is 2. The van der Waals surface area contributed by atoms with Crippen molar-refractivity contribution in [2.75, 3.05) is 79.3 Å². The van der Waals surface area contributed by atoms with Gasteiger partial charge in [0.15, 0.2) is 5.76 Å². The Bertz CT molecular complexity index is 2560. The predicted octanol–water partition coefficient (Wildman–Crippen LogP) is 6.56. The molecule has 20 nitrogen and oxygen atoms in total. The van der Waals surface area contributed by atoms with Crippen molar-refractivity contribution in [2.24, 2.45) is 11.8 Å². The van der Waals surface area contributed by atoms with E-state index in [1.54, 1.807) is 72.9 Å². The zero-order valence-electron chi connectivity index (χ0n) is 44.8. The minimum absolute atomic E-state index is 0.00217. The molecule has 2 aromatic carbocycles. The van der Waals surface area contributed by atoms with Crippen LogP contribution in [-0.2, 0) is 49.5 Å². The number of nitrogens with one attached hydrogen (secondary N) is 5. The number of pyridine rings is 1. The Balaban J connectivity index is 0.656. The number of aromatic nitrogens is 1. The summed E-state index contributed by atoms with van der Waals surface area (Å²) in [5, 5.41) is 15.3. The van der Waals surface area contributed by atoms with Crippen LogP contribution < -0.4 is 36.1 Å². The van der Waals surface area contributed by atoms with Crippen molar-refractivity contribution in [1.29, 1.82) is 0 Å². The van der Waals surface area contributed by atoms with Gasteiger partial charge >= 0.3 is 0 Å². The summed E-state index contributed by atoms with van der Waals surface area (Å²) in [5.41, 5.74) is 2.62. The van der Waals surface area contributed by atoms with E-state index in [9.17, 15) is 28.8 Å². The number of anilines is 1. The highest BCUT2D eigenvalue weighted by Gasteiger charge is 2.42. The fraction of sp³-hybridized carbons (Fsp3) is 0.526. The highest BCUT2D eigenvalue weighted by atomic mass is 35.5. The summed E-state index contributed by atoms with van der Waals surface area (Å²) in [7, 11) is 4.70.